The minimum absolute atomic E-state index is 0. The van der Waals surface area contributed by atoms with Crippen LogP contribution < -0.4 is 20.9 Å². The molecular weight excluding hydrogens is 505 g/mol. The quantitative estimate of drug-likeness (QED) is 0.500. The van der Waals surface area contributed by atoms with E-state index < -0.39 is 5.67 Å². The molecule has 1 amide bonds. The van der Waals surface area contributed by atoms with Gasteiger partial charge >= 0.3 is 0 Å². The van der Waals surface area contributed by atoms with Crippen LogP contribution in [0.2, 0.25) is 0 Å². The van der Waals surface area contributed by atoms with E-state index in [-0.39, 0.29) is 13.3 Å². The fourth-order valence-electron chi connectivity index (χ4n) is 5.71. The zero-order chi connectivity index (χ0) is 27.4. The largest absolute Gasteiger partial charge is 0.351 e. The first kappa shape index (κ1) is 24.7. The van der Waals surface area contributed by atoms with E-state index in [0.717, 1.165) is 53.6 Å². The predicted molar refractivity (Wildman–Crippen MR) is 152 cm³/mol. The van der Waals surface area contributed by atoms with Crippen molar-refractivity contribution in [3.8, 4) is 11.4 Å². The van der Waals surface area contributed by atoms with E-state index in [1.54, 1.807) is 31.6 Å². The summed E-state index contributed by atoms with van der Waals surface area (Å²) in [4.78, 5) is 38.4. The summed E-state index contributed by atoms with van der Waals surface area (Å²) >= 11 is 0. The van der Waals surface area contributed by atoms with Crippen molar-refractivity contribution in [2.24, 2.45) is 5.92 Å². The summed E-state index contributed by atoms with van der Waals surface area (Å²) in [6.07, 6.45) is 14.3. The van der Waals surface area contributed by atoms with Gasteiger partial charge in [0.2, 0.25) is 5.95 Å². The molecule has 4 heterocycles. The number of hydrogen-bond donors (Lipinski definition) is 1. The zero-order valence-corrected chi connectivity index (χ0v) is 22.6. The molecule has 2 atom stereocenters. The van der Waals surface area contributed by atoms with Crippen LogP contribution in [0.25, 0.3) is 23.5 Å². The first-order chi connectivity index (χ1) is 19.3. The Kier molecular flexibility index (Phi) is 5.83. The van der Waals surface area contributed by atoms with Crippen LogP contribution in [0.4, 0.5) is 10.3 Å². The van der Waals surface area contributed by atoms with Crippen molar-refractivity contribution >= 4 is 24.0 Å². The molecule has 1 N–H and O–H groups in total. The van der Waals surface area contributed by atoms with Crippen LogP contribution in [0, 0.1) is 5.92 Å². The number of nitrogens with one attached hydrogen (secondary N) is 1. The van der Waals surface area contributed by atoms with E-state index in [1.807, 2.05) is 25.1 Å². The van der Waals surface area contributed by atoms with Gasteiger partial charge in [0.05, 0.1) is 33.8 Å². The molecule has 1 fully saturated rings. The highest BCUT2D eigenvalue weighted by molar-refractivity contribution is 5.94. The summed E-state index contributed by atoms with van der Waals surface area (Å²) in [6, 6.07) is 3.52. The zero-order valence-electron chi connectivity index (χ0n) is 22.6. The molecule has 0 bridgehead atoms. The molecule has 1 unspecified atom stereocenters. The van der Waals surface area contributed by atoms with Crippen LogP contribution in [-0.2, 0) is 12.1 Å². The standard InChI is InChI=1S/C31H30FN7O.H2/c1-18-8-19(15-36-29(40)22-12-23-25(34-16-22)13-20-11-21(20)14-31(23,2)32)10-27-26(9-18)35-17-28(37-27)24-4-5-33-30(38-24)39-6-3-7-39;/h4-5,8-10,12,16-17,19H,3,6-7,11,13-15H2,1-2H3,(H,36,40);1H/t19?,31-;/m1./s1. The van der Waals surface area contributed by atoms with Crippen molar-refractivity contribution in [2.45, 2.75) is 45.2 Å². The van der Waals surface area contributed by atoms with Crippen LogP contribution in [0.1, 0.15) is 56.2 Å². The van der Waals surface area contributed by atoms with Crippen molar-refractivity contribution in [1.29, 1.82) is 0 Å². The van der Waals surface area contributed by atoms with Crippen molar-refractivity contribution in [3.63, 3.8) is 0 Å². The molecule has 9 heteroatoms. The second-order valence-corrected chi connectivity index (χ2v) is 11.4. The van der Waals surface area contributed by atoms with E-state index in [1.165, 1.54) is 11.1 Å². The first-order valence-corrected chi connectivity index (χ1v) is 13.8. The molecule has 1 aliphatic heterocycles. The fourth-order valence-corrected chi connectivity index (χ4v) is 5.71. The number of carbonyl (C=O) groups is 1. The molecule has 4 aliphatic rings. The Morgan fingerprint density at radius 1 is 1.10 bits per heavy atom. The van der Waals surface area contributed by atoms with Crippen LogP contribution in [-0.4, -0.2) is 50.5 Å². The van der Waals surface area contributed by atoms with Gasteiger partial charge in [-0.25, -0.2) is 19.3 Å². The molecular formula is C31H32FN7O. The summed E-state index contributed by atoms with van der Waals surface area (Å²) in [6.45, 7) is 5.90. The Morgan fingerprint density at radius 2 is 1.98 bits per heavy atom. The molecule has 204 valence electrons. The number of fused-ring (bicyclic) bond motifs is 2. The monoisotopic (exact) mass is 537 g/mol. The first-order valence-electron chi connectivity index (χ1n) is 13.8. The highest BCUT2D eigenvalue weighted by Crippen LogP contribution is 2.48. The molecule has 7 rings (SSSR count). The smallest absolute Gasteiger partial charge is 0.252 e. The Labute approximate surface area is 233 Å². The molecule has 0 saturated carbocycles. The van der Waals surface area contributed by atoms with E-state index in [4.69, 9.17) is 9.97 Å². The van der Waals surface area contributed by atoms with Gasteiger partial charge in [-0.1, -0.05) is 22.8 Å². The molecule has 0 aromatic carbocycles. The molecule has 1 saturated heterocycles. The van der Waals surface area contributed by atoms with E-state index in [0.29, 0.717) is 42.2 Å². The maximum Gasteiger partial charge on any atom is 0.252 e. The number of amides is 1. The number of anilines is 1. The lowest BCUT2D eigenvalue weighted by atomic mass is 9.90. The average Bonchev–Trinajstić information content (AvgIpc) is 3.66. The number of pyridine rings is 1. The van der Waals surface area contributed by atoms with Gasteiger partial charge in [0.15, 0.2) is 0 Å². The van der Waals surface area contributed by atoms with Gasteiger partial charge in [-0.05, 0) is 51.0 Å². The lowest BCUT2D eigenvalue weighted by Gasteiger charge is -2.30. The lowest BCUT2D eigenvalue weighted by molar-refractivity contribution is 0.0951. The topological polar surface area (TPSA) is 96.8 Å². The third kappa shape index (κ3) is 4.69. The lowest BCUT2D eigenvalue weighted by Crippen LogP contribution is -2.38. The van der Waals surface area contributed by atoms with E-state index in [2.05, 4.69) is 31.2 Å². The Balaban J connectivity index is 0.00000302. The average molecular weight is 538 g/mol. The third-order valence-corrected chi connectivity index (χ3v) is 8.11. The number of halogens is 1. The number of nitrogens with zero attached hydrogens (tertiary/aromatic N) is 6. The molecule has 3 aliphatic carbocycles. The van der Waals surface area contributed by atoms with Crippen LogP contribution in [0.3, 0.4) is 0 Å². The van der Waals surface area contributed by atoms with Crippen LogP contribution in [0.5, 0.6) is 0 Å². The van der Waals surface area contributed by atoms with Crippen molar-refractivity contribution in [1.82, 2.24) is 30.2 Å². The van der Waals surface area contributed by atoms with Crippen LogP contribution in [0.15, 0.2) is 53.5 Å². The molecule has 8 nitrogen and oxygen atoms in total. The van der Waals surface area contributed by atoms with Gasteiger partial charge in [0, 0.05) is 57.8 Å². The van der Waals surface area contributed by atoms with E-state index in [9.17, 15) is 4.79 Å². The maximum absolute atomic E-state index is 15.5. The Morgan fingerprint density at radius 3 is 2.80 bits per heavy atom. The van der Waals surface area contributed by atoms with Gasteiger partial charge < -0.3 is 10.2 Å². The van der Waals surface area contributed by atoms with E-state index >= 15 is 4.39 Å². The number of carbonyl (C=O) groups excluding carboxylic acids is 1. The molecule has 0 radical (unpaired) electrons. The molecule has 0 spiro atoms. The van der Waals surface area contributed by atoms with Gasteiger partial charge in [0.1, 0.15) is 11.4 Å². The molecule has 3 aromatic rings. The number of rotatable bonds is 5. The maximum atomic E-state index is 15.5. The number of aromatic nitrogens is 5. The normalized spacial score (nSPS) is 22.7. The second-order valence-electron chi connectivity index (χ2n) is 11.4. The molecule has 40 heavy (non-hydrogen) atoms. The summed E-state index contributed by atoms with van der Waals surface area (Å²) in [7, 11) is 0. The van der Waals surface area contributed by atoms with Gasteiger partial charge in [-0.15, -0.1) is 0 Å². The summed E-state index contributed by atoms with van der Waals surface area (Å²) in [5.41, 5.74) is 5.04. The number of hydrogen-bond acceptors (Lipinski definition) is 7. The number of allylic oxidation sites excluding steroid dienone is 3. The Bertz CT molecular complexity index is 1750. The third-order valence-electron chi connectivity index (χ3n) is 8.11. The van der Waals surface area contributed by atoms with Crippen LogP contribution >= 0.6 is 0 Å². The van der Waals surface area contributed by atoms with Crippen molar-refractivity contribution < 1.29 is 10.6 Å². The summed E-state index contributed by atoms with van der Waals surface area (Å²) in [5, 5.41) is 4.53. The Hall–Kier alpha value is -4.27. The summed E-state index contributed by atoms with van der Waals surface area (Å²) in [5.74, 6) is 0.338. The highest BCUT2D eigenvalue weighted by atomic mass is 19.1. The summed E-state index contributed by atoms with van der Waals surface area (Å²) < 4.78 is 15.5. The minimum atomic E-state index is -1.52. The van der Waals surface area contributed by atoms with Crippen molar-refractivity contribution in [2.75, 3.05) is 24.5 Å². The minimum Gasteiger partial charge on any atom is -0.351 e. The van der Waals surface area contributed by atoms with Gasteiger partial charge in [0.25, 0.3) is 5.91 Å². The predicted octanol–water partition coefficient (Wildman–Crippen LogP) is 3.18. The molecule has 3 aromatic heterocycles. The van der Waals surface area contributed by atoms with Gasteiger partial charge in [-0.2, -0.15) is 0 Å². The highest BCUT2D eigenvalue weighted by Gasteiger charge is 2.39. The van der Waals surface area contributed by atoms with Crippen molar-refractivity contribution in [3.05, 3.63) is 81.0 Å². The fraction of sp³-hybridized carbons (Fsp3) is 0.355. The SMILES string of the molecule is CC1=CC(CNC(=O)c2cnc3c(c2)[C@](C)(F)CC2=C(C2)C3)C=c2nc(-c3ccnc(N4CCC4)n3)cnc2=C1.[HH]. The number of alkyl halides is 1. The van der Waals surface area contributed by atoms with Gasteiger partial charge in [-0.3, -0.25) is 14.8 Å². The second kappa shape index (κ2) is 9.43.